The third-order valence-corrected chi connectivity index (χ3v) is 3.69. The quantitative estimate of drug-likeness (QED) is 0.669. The first kappa shape index (κ1) is 16.7. The maximum Gasteiger partial charge on any atom is 0.347 e. The number of aryl methyl sites for hydroxylation is 1. The number of carbonyl (C=O) groups excluding carboxylic acids is 1. The van der Waals surface area contributed by atoms with E-state index in [-0.39, 0.29) is 12.2 Å². The molecule has 0 aliphatic heterocycles. The Labute approximate surface area is 144 Å². The summed E-state index contributed by atoms with van der Waals surface area (Å²) in [6, 6.07) is 14.0. The van der Waals surface area contributed by atoms with Crippen LogP contribution in [-0.2, 0) is 16.1 Å². The number of nitrogens with zero attached hydrogens (tertiary/aromatic N) is 2. The van der Waals surface area contributed by atoms with Crippen LogP contribution in [0, 0.1) is 6.92 Å². The molecule has 1 atom stereocenters. The van der Waals surface area contributed by atoms with Crippen molar-refractivity contribution in [2.45, 2.75) is 26.6 Å². The van der Waals surface area contributed by atoms with E-state index in [0.29, 0.717) is 17.1 Å². The number of ether oxygens (including phenoxy) is 2. The lowest BCUT2D eigenvalue weighted by molar-refractivity contribution is -0.152. The molecule has 0 unspecified atom stereocenters. The normalized spacial score (nSPS) is 11.9. The first-order valence-corrected chi connectivity index (χ1v) is 7.91. The summed E-state index contributed by atoms with van der Waals surface area (Å²) in [5.74, 6) is 0.0697. The van der Waals surface area contributed by atoms with Crippen LogP contribution in [0.25, 0.3) is 5.65 Å². The van der Waals surface area contributed by atoms with Gasteiger partial charge in [0, 0.05) is 12.3 Å². The molecule has 0 amide bonds. The van der Waals surface area contributed by atoms with Crippen LogP contribution in [0.1, 0.15) is 18.2 Å². The molecule has 0 radical (unpaired) electrons. The number of para-hydroxylation sites is 1. The van der Waals surface area contributed by atoms with Gasteiger partial charge in [0.15, 0.2) is 6.10 Å². The van der Waals surface area contributed by atoms with E-state index in [4.69, 9.17) is 9.47 Å². The van der Waals surface area contributed by atoms with E-state index >= 15 is 0 Å². The molecule has 0 fully saturated rings. The van der Waals surface area contributed by atoms with Gasteiger partial charge in [0.05, 0.1) is 5.69 Å². The standard InChI is InChI=1S/C19H18N2O4/c1-13-7-6-10-21-17(22)11-15(20-18(13)21)12-24-19(23)14(2)25-16-8-4-3-5-9-16/h3-11,14H,12H2,1-2H3/t14-/m1/s1. The van der Waals surface area contributed by atoms with Gasteiger partial charge in [-0.3, -0.25) is 9.20 Å². The third kappa shape index (κ3) is 3.85. The molecule has 0 aliphatic rings. The Hall–Kier alpha value is -3.15. The van der Waals surface area contributed by atoms with Crippen LogP contribution in [0.15, 0.2) is 59.5 Å². The van der Waals surface area contributed by atoms with E-state index in [1.165, 1.54) is 10.5 Å². The molecule has 1 aromatic carbocycles. The number of esters is 1. The molecule has 0 bridgehead atoms. The highest BCUT2D eigenvalue weighted by molar-refractivity contribution is 5.74. The smallest absolute Gasteiger partial charge is 0.347 e. The van der Waals surface area contributed by atoms with Gasteiger partial charge in [-0.15, -0.1) is 0 Å². The lowest BCUT2D eigenvalue weighted by Gasteiger charge is -2.14. The van der Waals surface area contributed by atoms with E-state index in [9.17, 15) is 9.59 Å². The maximum absolute atomic E-state index is 12.1. The molecular formula is C19H18N2O4. The van der Waals surface area contributed by atoms with Crippen LogP contribution in [0.5, 0.6) is 5.75 Å². The van der Waals surface area contributed by atoms with E-state index < -0.39 is 12.1 Å². The molecule has 0 saturated carbocycles. The summed E-state index contributed by atoms with van der Waals surface area (Å²) in [5.41, 5.74) is 1.61. The Morgan fingerprint density at radius 2 is 1.96 bits per heavy atom. The van der Waals surface area contributed by atoms with Crippen molar-refractivity contribution in [3.63, 3.8) is 0 Å². The van der Waals surface area contributed by atoms with Crippen LogP contribution in [0.2, 0.25) is 0 Å². The highest BCUT2D eigenvalue weighted by Crippen LogP contribution is 2.12. The molecule has 2 heterocycles. The zero-order valence-electron chi connectivity index (χ0n) is 14.0. The SMILES string of the molecule is Cc1cccn2c(=O)cc(COC(=O)[C@@H](C)Oc3ccccc3)nc12. The molecule has 6 nitrogen and oxygen atoms in total. The molecule has 3 aromatic rings. The van der Waals surface area contributed by atoms with Gasteiger partial charge in [-0.1, -0.05) is 24.3 Å². The van der Waals surface area contributed by atoms with Gasteiger partial charge >= 0.3 is 5.97 Å². The number of fused-ring (bicyclic) bond motifs is 1. The van der Waals surface area contributed by atoms with E-state index in [1.54, 1.807) is 31.3 Å². The molecule has 3 rings (SSSR count). The van der Waals surface area contributed by atoms with E-state index in [2.05, 4.69) is 4.98 Å². The second-order valence-corrected chi connectivity index (χ2v) is 5.65. The Morgan fingerprint density at radius 3 is 2.72 bits per heavy atom. The summed E-state index contributed by atoms with van der Waals surface area (Å²) in [6.07, 6.45) is 0.897. The number of rotatable bonds is 5. The summed E-state index contributed by atoms with van der Waals surface area (Å²) in [4.78, 5) is 28.6. The van der Waals surface area contributed by atoms with Crippen molar-refractivity contribution >= 4 is 11.6 Å². The van der Waals surface area contributed by atoms with Crippen LogP contribution < -0.4 is 10.3 Å². The lowest BCUT2D eigenvalue weighted by atomic mass is 10.3. The molecule has 0 spiro atoms. The summed E-state index contributed by atoms with van der Waals surface area (Å²) in [7, 11) is 0. The second kappa shape index (κ2) is 7.17. The number of benzene rings is 1. The number of aromatic nitrogens is 2. The minimum Gasteiger partial charge on any atom is -0.479 e. The van der Waals surface area contributed by atoms with Crippen molar-refractivity contribution in [2.24, 2.45) is 0 Å². The zero-order valence-corrected chi connectivity index (χ0v) is 14.0. The Kier molecular flexibility index (Phi) is 4.79. The minimum absolute atomic E-state index is 0.0819. The van der Waals surface area contributed by atoms with Crippen LogP contribution in [0.4, 0.5) is 0 Å². The number of carbonyl (C=O) groups is 1. The third-order valence-electron chi connectivity index (χ3n) is 3.69. The fraction of sp³-hybridized carbons (Fsp3) is 0.211. The molecule has 0 aliphatic carbocycles. The van der Waals surface area contributed by atoms with Gasteiger partial charge in [0.25, 0.3) is 5.56 Å². The predicted octanol–water partition coefficient (Wildman–Crippen LogP) is 2.51. The minimum atomic E-state index is -0.759. The summed E-state index contributed by atoms with van der Waals surface area (Å²) in [6.45, 7) is 3.40. The highest BCUT2D eigenvalue weighted by Gasteiger charge is 2.17. The summed E-state index contributed by atoms with van der Waals surface area (Å²) < 4.78 is 12.2. The van der Waals surface area contributed by atoms with Crippen molar-refractivity contribution < 1.29 is 14.3 Å². The molecule has 2 aromatic heterocycles. The Balaban J connectivity index is 1.69. The number of pyridine rings is 1. The first-order valence-electron chi connectivity index (χ1n) is 7.91. The van der Waals surface area contributed by atoms with Crippen LogP contribution in [-0.4, -0.2) is 21.5 Å². The van der Waals surface area contributed by atoms with Gasteiger partial charge in [-0.2, -0.15) is 0 Å². The van der Waals surface area contributed by atoms with Crippen molar-refractivity contribution in [1.82, 2.24) is 9.38 Å². The predicted molar refractivity (Wildman–Crippen MR) is 92.5 cm³/mol. The number of hydrogen-bond donors (Lipinski definition) is 0. The summed E-state index contributed by atoms with van der Waals surface area (Å²) >= 11 is 0. The average molecular weight is 338 g/mol. The van der Waals surface area contributed by atoms with Crippen LogP contribution in [0.3, 0.4) is 0 Å². The fourth-order valence-electron chi connectivity index (χ4n) is 2.40. The average Bonchev–Trinajstić information content (AvgIpc) is 2.61. The van der Waals surface area contributed by atoms with Gasteiger partial charge in [0.1, 0.15) is 18.0 Å². The Morgan fingerprint density at radius 1 is 1.20 bits per heavy atom. The first-order chi connectivity index (χ1) is 12.0. The second-order valence-electron chi connectivity index (χ2n) is 5.65. The van der Waals surface area contributed by atoms with Crippen molar-refractivity contribution in [1.29, 1.82) is 0 Å². The highest BCUT2D eigenvalue weighted by atomic mass is 16.6. The molecular weight excluding hydrogens is 320 g/mol. The van der Waals surface area contributed by atoms with Gasteiger partial charge in [-0.05, 0) is 37.6 Å². The topological polar surface area (TPSA) is 69.9 Å². The fourth-order valence-corrected chi connectivity index (χ4v) is 2.40. The molecule has 0 N–H and O–H groups in total. The van der Waals surface area contributed by atoms with Crippen molar-refractivity contribution in [3.05, 3.63) is 76.3 Å². The summed E-state index contributed by atoms with van der Waals surface area (Å²) in [5, 5.41) is 0. The maximum atomic E-state index is 12.1. The number of hydrogen-bond acceptors (Lipinski definition) is 5. The van der Waals surface area contributed by atoms with Gasteiger partial charge in [0.2, 0.25) is 0 Å². The largest absolute Gasteiger partial charge is 0.479 e. The zero-order chi connectivity index (χ0) is 17.8. The lowest BCUT2D eigenvalue weighted by Crippen LogP contribution is -2.26. The molecule has 25 heavy (non-hydrogen) atoms. The monoisotopic (exact) mass is 338 g/mol. The molecule has 0 saturated heterocycles. The van der Waals surface area contributed by atoms with E-state index in [0.717, 1.165) is 5.56 Å². The molecule has 6 heteroatoms. The van der Waals surface area contributed by atoms with Gasteiger partial charge in [-0.25, -0.2) is 9.78 Å². The van der Waals surface area contributed by atoms with Crippen molar-refractivity contribution in [2.75, 3.05) is 0 Å². The van der Waals surface area contributed by atoms with E-state index in [1.807, 2.05) is 31.2 Å². The molecule has 128 valence electrons. The van der Waals surface area contributed by atoms with Gasteiger partial charge < -0.3 is 9.47 Å². The Bertz CT molecular complexity index is 951. The van der Waals surface area contributed by atoms with Crippen molar-refractivity contribution in [3.8, 4) is 5.75 Å². The van der Waals surface area contributed by atoms with Crippen LogP contribution >= 0.6 is 0 Å².